The molecule has 0 saturated carbocycles. The van der Waals surface area contributed by atoms with Gasteiger partial charge in [0.2, 0.25) is 0 Å². The molecule has 7 nitrogen and oxygen atoms in total. The molecule has 1 atom stereocenters. The van der Waals surface area contributed by atoms with E-state index in [0.29, 0.717) is 12.2 Å². The van der Waals surface area contributed by atoms with Gasteiger partial charge in [-0.05, 0) is 38.7 Å². The zero-order chi connectivity index (χ0) is 27.3. The number of methoxy groups -OCH3 is 2. The Bertz CT molecular complexity index is 932. The molecular formula is C30H43NO6. The third-order valence-electron chi connectivity index (χ3n) is 5.78. The Kier molecular flexibility index (Phi) is 16.9. The quantitative estimate of drug-likeness (QED) is 0.0607. The average Bonchev–Trinajstić information content (AvgIpc) is 2.89. The molecular weight excluding hydrogens is 470 g/mol. The Morgan fingerprint density at radius 2 is 1.41 bits per heavy atom. The molecule has 204 valence electrons. The molecule has 0 radical (unpaired) electrons. The summed E-state index contributed by atoms with van der Waals surface area (Å²) in [6.07, 6.45) is 26.0. The summed E-state index contributed by atoms with van der Waals surface area (Å²) < 4.78 is 15.8. The summed E-state index contributed by atoms with van der Waals surface area (Å²) >= 11 is 0. The Balaban J connectivity index is 2.33. The monoisotopic (exact) mass is 513 g/mol. The Morgan fingerprint density at radius 1 is 0.865 bits per heavy atom. The summed E-state index contributed by atoms with van der Waals surface area (Å²) in [5.74, 6) is 0.173. The van der Waals surface area contributed by atoms with Gasteiger partial charge in [-0.1, -0.05) is 87.6 Å². The third kappa shape index (κ3) is 13.5. The number of nitro groups is 1. The first kappa shape index (κ1) is 31.7. The normalized spacial score (nSPS) is 12.6. The molecule has 0 fully saturated rings. The number of esters is 1. The minimum absolute atomic E-state index is 0.185. The van der Waals surface area contributed by atoms with Crippen molar-refractivity contribution >= 4 is 11.7 Å². The van der Waals surface area contributed by atoms with Crippen molar-refractivity contribution in [2.45, 2.75) is 84.2 Å². The number of carbonyl (C=O) groups is 1. The lowest BCUT2D eigenvalue weighted by Gasteiger charge is -2.16. The van der Waals surface area contributed by atoms with Gasteiger partial charge < -0.3 is 14.2 Å². The standard InChI is InChI=1S/C30H43NO6/c1-5-6-7-8-9-10-11-12-13-14-15-16-17-18-19-20-21-22-30(32)37-25(2)26-23-28(35-3)29(36-4)24-27(26)31(33)34/h12-19,23-25H,5-11,20-22H2,1-4H3/b13-12-,15-14-,17-16-,19-18-. The van der Waals surface area contributed by atoms with Crippen LogP contribution in [-0.4, -0.2) is 25.1 Å². The first-order valence-corrected chi connectivity index (χ1v) is 13.2. The molecule has 0 aliphatic rings. The van der Waals surface area contributed by atoms with Crippen LogP contribution in [0, 0.1) is 10.1 Å². The van der Waals surface area contributed by atoms with Crippen LogP contribution in [0.15, 0.2) is 60.7 Å². The average molecular weight is 514 g/mol. The summed E-state index contributed by atoms with van der Waals surface area (Å²) in [6.45, 7) is 3.84. The van der Waals surface area contributed by atoms with Gasteiger partial charge >= 0.3 is 5.97 Å². The largest absolute Gasteiger partial charge is 0.493 e. The van der Waals surface area contributed by atoms with Gasteiger partial charge in [0, 0.05) is 6.42 Å². The number of benzene rings is 1. The lowest BCUT2D eigenvalue weighted by atomic mass is 10.1. The van der Waals surface area contributed by atoms with Crippen LogP contribution >= 0.6 is 0 Å². The number of allylic oxidation sites excluding steroid dienone is 8. The SMILES string of the molecule is CCCCCCCC\C=C/C=C\C=C/C=C\CCCC(=O)OC(C)c1cc(OC)c(OC)cc1[N+](=O)[O-]. The number of hydrogen-bond donors (Lipinski definition) is 0. The maximum Gasteiger partial charge on any atom is 0.306 e. The molecule has 0 amide bonds. The van der Waals surface area contributed by atoms with Crippen LogP contribution in [0.4, 0.5) is 5.69 Å². The zero-order valence-electron chi connectivity index (χ0n) is 22.8. The smallest absolute Gasteiger partial charge is 0.306 e. The Hall–Kier alpha value is -3.35. The molecule has 0 spiro atoms. The Labute approximate surface area is 222 Å². The summed E-state index contributed by atoms with van der Waals surface area (Å²) in [5.41, 5.74) is 0.0707. The van der Waals surface area contributed by atoms with Gasteiger partial charge in [0.15, 0.2) is 11.5 Å². The maximum atomic E-state index is 12.2. The number of ether oxygens (including phenoxy) is 3. The fraction of sp³-hybridized carbons (Fsp3) is 0.500. The van der Waals surface area contributed by atoms with Gasteiger partial charge in [0.05, 0.1) is 30.8 Å². The molecule has 0 saturated heterocycles. The second-order valence-corrected chi connectivity index (χ2v) is 8.73. The molecule has 0 N–H and O–H groups in total. The number of unbranched alkanes of at least 4 members (excludes halogenated alkanes) is 7. The van der Waals surface area contributed by atoms with E-state index >= 15 is 0 Å². The molecule has 0 heterocycles. The first-order chi connectivity index (χ1) is 17.9. The molecule has 0 aliphatic heterocycles. The summed E-state index contributed by atoms with van der Waals surface area (Å²) in [7, 11) is 2.85. The fourth-order valence-corrected chi connectivity index (χ4v) is 3.70. The van der Waals surface area contributed by atoms with Gasteiger partial charge in [-0.25, -0.2) is 0 Å². The first-order valence-electron chi connectivity index (χ1n) is 13.2. The van der Waals surface area contributed by atoms with Crippen molar-refractivity contribution in [3.8, 4) is 11.5 Å². The molecule has 1 aromatic rings. The highest BCUT2D eigenvalue weighted by atomic mass is 16.6. The topological polar surface area (TPSA) is 87.9 Å². The van der Waals surface area contributed by atoms with Gasteiger partial charge in [0.1, 0.15) is 6.10 Å². The van der Waals surface area contributed by atoms with Crippen LogP contribution in [-0.2, 0) is 9.53 Å². The van der Waals surface area contributed by atoms with E-state index in [1.807, 2.05) is 36.5 Å². The molecule has 1 aromatic carbocycles. The summed E-state index contributed by atoms with van der Waals surface area (Å²) in [5, 5.41) is 11.5. The van der Waals surface area contributed by atoms with E-state index in [4.69, 9.17) is 14.2 Å². The number of rotatable bonds is 19. The van der Waals surface area contributed by atoms with Gasteiger partial charge in [-0.15, -0.1) is 0 Å². The van der Waals surface area contributed by atoms with E-state index in [1.54, 1.807) is 6.92 Å². The minimum atomic E-state index is -0.794. The highest BCUT2D eigenvalue weighted by Crippen LogP contribution is 2.38. The summed E-state index contributed by atoms with van der Waals surface area (Å²) in [6, 6.07) is 2.75. The minimum Gasteiger partial charge on any atom is -0.493 e. The van der Waals surface area contributed by atoms with Crippen LogP contribution in [0.2, 0.25) is 0 Å². The molecule has 0 aliphatic carbocycles. The molecule has 37 heavy (non-hydrogen) atoms. The fourth-order valence-electron chi connectivity index (χ4n) is 3.70. The van der Waals surface area contributed by atoms with Crippen LogP contribution in [0.1, 0.15) is 89.7 Å². The van der Waals surface area contributed by atoms with E-state index < -0.39 is 17.0 Å². The molecule has 0 aromatic heterocycles. The number of nitrogens with zero attached hydrogens (tertiary/aromatic N) is 1. The van der Waals surface area contributed by atoms with E-state index in [9.17, 15) is 14.9 Å². The highest BCUT2D eigenvalue weighted by molar-refractivity contribution is 5.70. The van der Waals surface area contributed by atoms with Crippen molar-refractivity contribution in [2.24, 2.45) is 0 Å². The van der Waals surface area contributed by atoms with Crippen LogP contribution in [0.25, 0.3) is 0 Å². The van der Waals surface area contributed by atoms with E-state index in [0.717, 1.165) is 12.8 Å². The number of hydrogen-bond acceptors (Lipinski definition) is 6. The van der Waals surface area contributed by atoms with Crippen LogP contribution in [0.3, 0.4) is 0 Å². The second kappa shape index (κ2) is 19.8. The maximum absolute atomic E-state index is 12.2. The second-order valence-electron chi connectivity index (χ2n) is 8.73. The van der Waals surface area contributed by atoms with Crippen LogP contribution in [0.5, 0.6) is 11.5 Å². The number of carbonyl (C=O) groups excluding carboxylic acids is 1. The lowest BCUT2D eigenvalue weighted by molar-refractivity contribution is -0.386. The predicted molar refractivity (Wildman–Crippen MR) is 149 cm³/mol. The number of nitro benzene ring substituents is 1. The zero-order valence-corrected chi connectivity index (χ0v) is 22.8. The highest BCUT2D eigenvalue weighted by Gasteiger charge is 2.25. The van der Waals surface area contributed by atoms with Crippen LogP contribution < -0.4 is 9.47 Å². The van der Waals surface area contributed by atoms with Gasteiger partial charge in [0.25, 0.3) is 5.69 Å². The Morgan fingerprint density at radius 3 is 2.00 bits per heavy atom. The lowest BCUT2D eigenvalue weighted by Crippen LogP contribution is -2.11. The molecule has 7 heteroatoms. The molecule has 0 bridgehead atoms. The van der Waals surface area contributed by atoms with Crippen molar-refractivity contribution in [1.82, 2.24) is 0 Å². The molecule has 1 unspecified atom stereocenters. The van der Waals surface area contributed by atoms with E-state index in [-0.39, 0.29) is 23.4 Å². The van der Waals surface area contributed by atoms with Crippen molar-refractivity contribution in [2.75, 3.05) is 14.2 Å². The van der Waals surface area contributed by atoms with Gasteiger partial charge in [-0.2, -0.15) is 0 Å². The van der Waals surface area contributed by atoms with Crippen molar-refractivity contribution in [3.63, 3.8) is 0 Å². The third-order valence-corrected chi connectivity index (χ3v) is 5.78. The molecule has 1 rings (SSSR count). The predicted octanol–water partition coefficient (Wildman–Crippen LogP) is 8.36. The van der Waals surface area contributed by atoms with Crippen molar-refractivity contribution in [3.05, 3.63) is 76.4 Å². The van der Waals surface area contributed by atoms with Crippen molar-refractivity contribution in [1.29, 1.82) is 0 Å². The van der Waals surface area contributed by atoms with E-state index in [1.165, 1.54) is 64.9 Å². The van der Waals surface area contributed by atoms with E-state index in [2.05, 4.69) is 19.1 Å². The summed E-state index contributed by atoms with van der Waals surface area (Å²) in [4.78, 5) is 23.2. The van der Waals surface area contributed by atoms with Crippen molar-refractivity contribution < 1.29 is 23.9 Å². The van der Waals surface area contributed by atoms with Gasteiger partial charge in [-0.3, -0.25) is 14.9 Å².